The van der Waals surface area contributed by atoms with Crippen LogP contribution < -0.4 is 10.6 Å². The Morgan fingerprint density at radius 2 is 2.33 bits per heavy atom. The highest BCUT2D eigenvalue weighted by Crippen LogP contribution is 2.25. The number of nitrogens with one attached hydrogen (secondary N) is 2. The fourth-order valence-corrected chi connectivity index (χ4v) is 2.32. The number of anilines is 1. The van der Waals surface area contributed by atoms with Gasteiger partial charge in [-0.25, -0.2) is 0 Å². The number of aryl methyl sites for hydroxylation is 1. The Kier molecular flexibility index (Phi) is 4.59. The van der Waals surface area contributed by atoms with Gasteiger partial charge in [-0.2, -0.15) is 0 Å². The average Bonchev–Trinajstić information content (AvgIpc) is 2.38. The number of hydrogen-bond acceptors (Lipinski definition) is 3. The summed E-state index contributed by atoms with van der Waals surface area (Å²) in [5, 5.41) is 15.3. The van der Waals surface area contributed by atoms with E-state index in [0.29, 0.717) is 6.42 Å². The Balaban J connectivity index is 1.84. The lowest BCUT2D eigenvalue weighted by Crippen LogP contribution is -2.19. The maximum Gasteiger partial charge on any atom is 0.303 e. The van der Waals surface area contributed by atoms with Crippen LogP contribution >= 0.6 is 0 Å². The molecular weight excluding hydrogens is 228 g/mol. The van der Waals surface area contributed by atoms with Crippen molar-refractivity contribution < 1.29 is 9.90 Å². The molecule has 18 heavy (non-hydrogen) atoms. The van der Waals surface area contributed by atoms with Crippen LogP contribution in [-0.2, 0) is 17.8 Å². The second kappa shape index (κ2) is 6.40. The zero-order chi connectivity index (χ0) is 12.8. The average molecular weight is 248 g/mol. The van der Waals surface area contributed by atoms with Crippen LogP contribution in [0.3, 0.4) is 0 Å². The molecule has 1 aliphatic rings. The summed E-state index contributed by atoms with van der Waals surface area (Å²) >= 11 is 0. The van der Waals surface area contributed by atoms with Crippen LogP contribution in [-0.4, -0.2) is 24.2 Å². The molecule has 0 atom stereocenters. The van der Waals surface area contributed by atoms with Crippen molar-refractivity contribution in [3.05, 3.63) is 29.3 Å². The van der Waals surface area contributed by atoms with Gasteiger partial charge in [0, 0.05) is 25.2 Å². The van der Waals surface area contributed by atoms with Crippen molar-refractivity contribution in [2.24, 2.45) is 0 Å². The van der Waals surface area contributed by atoms with E-state index in [1.807, 2.05) is 0 Å². The van der Waals surface area contributed by atoms with Crippen molar-refractivity contribution in [2.75, 3.05) is 18.4 Å². The fourth-order valence-electron chi connectivity index (χ4n) is 2.32. The SMILES string of the molecule is O=C(O)CCCNCc1cccc2c1NCCC2. The van der Waals surface area contributed by atoms with Gasteiger partial charge in [0.15, 0.2) is 0 Å². The molecule has 1 aromatic carbocycles. The topological polar surface area (TPSA) is 61.4 Å². The standard InChI is InChI=1S/C14H20N2O2/c17-13(18)7-3-8-15-10-12-5-1-4-11-6-2-9-16-14(11)12/h1,4-5,15-16H,2-3,6-10H2,(H,17,18). The first-order valence-corrected chi connectivity index (χ1v) is 6.54. The van der Waals surface area contributed by atoms with E-state index in [4.69, 9.17) is 5.11 Å². The zero-order valence-electron chi connectivity index (χ0n) is 10.5. The number of benzene rings is 1. The highest BCUT2D eigenvalue weighted by Gasteiger charge is 2.11. The monoisotopic (exact) mass is 248 g/mol. The molecule has 4 nitrogen and oxygen atoms in total. The molecule has 0 fully saturated rings. The molecule has 0 saturated heterocycles. The third kappa shape index (κ3) is 3.47. The first kappa shape index (κ1) is 12.9. The first-order chi connectivity index (χ1) is 8.77. The van der Waals surface area contributed by atoms with Crippen LogP contribution in [0.5, 0.6) is 0 Å². The molecule has 3 N–H and O–H groups in total. The number of carbonyl (C=O) groups is 1. The van der Waals surface area contributed by atoms with Crippen LogP contribution in [0.25, 0.3) is 0 Å². The van der Waals surface area contributed by atoms with E-state index in [-0.39, 0.29) is 6.42 Å². The summed E-state index contributed by atoms with van der Waals surface area (Å²) in [6.07, 6.45) is 3.26. The van der Waals surface area contributed by atoms with Crippen molar-refractivity contribution in [1.29, 1.82) is 0 Å². The minimum Gasteiger partial charge on any atom is -0.481 e. The van der Waals surface area contributed by atoms with E-state index in [0.717, 1.165) is 26.1 Å². The normalized spacial score (nSPS) is 13.8. The van der Waals surface area contributed by atoms with Gasteiger partial charge in [-0.3, -0.25) is 4.79 Å². The fraction of sp³-hybridized carbons (Fsp3) is 0.500. The van der Waals surface area contributed by atoms with Gasteiger partial charge in [0.2, 0.25) is 0 Å². The lowest BCUT2D eigenvalue weighted by molar-refractivity contribution is -0.137. The highest BCUT2D eigenvalue weighted by molar-refractivity contribution is 5.66. The smallest absolute Gasteiger partial charge is 0.303 e. The predicted octanol–water partition coefficient (Wildman–Crippen LogP) is 2.00. The summed E-state index contributed by atoms with van der Waals surface area (Å²) in [6.45, 7) is 2.59. The zero-order valence-corrected chi connectivity index (χ0v) is 10.5. The molecule has 4 heteroatoms. The number of para-hydroxylation sites is 1. The van der Waals surface area contributed by atoms with E-state index in [2.05, 4.69) is 28.8 Å². The largest absolute Gasteiger partial charge is 0.481 e. The molecule has 0 aromatic heterocycles. The lowest BCUT2D eigenvalue weighted by Gasteiger charge is -2.21. The minimum atomic E-state index is -0.726. The highest BCUT2D eigenvalue weighted by atomic mass is 16.4. The van der Waals surface area contributed by atoms with Gasteiger partial charge in [0.05, 0.1) is 0 Å². The summed E-state index contributed by atoms with van der Waals surface area (Å²) < 4.78 is 0. The van der Waals surface area contributed by atoms with Gasteiger partial charge >= 0.3 is 5.97 Å². The summed E-state index contributed by atoms with van der Waals surface area (Å²) in [4.78, 5) is 10.4. The summed E-state index contributed by atoms with van der Waals surface area (Å²) in [6, 6.07) is 6.40. The van der Waals surface area contributed by atoms with Crippen molar-refractivity contribution in [3.8, 4) is 0 Å². The van der Waals surface area contributed by atoms with E-state index >= 15 is 0 Å². The van der Waals surface area contributed by atoms with Crippen LogP contribution in [0, 0.1) is 0 Å². The maximum absolute atomic E-state index is 10.4. The Morgan fingerprint density at radius 1 is 1.44 bits per heavy atom. The van der Waals surface area contributed by atoms with Gasteiger partial charge in [0.25, 0.3) is 0 Å². The first-order valence-electron chi connectivity index (χ1n) is 6.54. The second-order valence-electron chi connectivity index (χ2n) is 4.66. The van der Waals surface area contributed by atoms with Crippen molar-refractivity contribution in [2.45, 2.75) is 32.2 Å². The molecule has 1 aliphatic heterocycles. The van der Waals surface area contributed by atoms with Crippen LogP contribution in [0.15, 0.2) is 18.2 Å². The Bertz CT molecular complexity index is 418. The molecule has 1 aromatic rings. The summed E-state index contributed by atoms with van der Waals surface area (Å²) in [5.41, 5.74) is 3.95. The number of carboxylic acids is 1. The molecular formula is C14H20N2O2. The molecule has 0 saturated carbocycles. The number of aliphatic carboxylic acids is 1. The molecule has 0 unspecified atom stereocenters. The predicted molar refractivity (Wildman–Crippen MR) is 71.8 cm³/mol. The van der Waals surface area contributed by atoms with Gasteiger partial charge in [-0.15, -0.1) is 0 Å². The van der Waals surface area contributed by atoms with E-state index in [1.54, 1.807) is 0 Å². The Labute approximate surface area is 107 Å². The number of hydrogen-bond donors (Lipinski definition) is 3. The minimum absolute atomic E-state index is 0.234. The third-order valence-corrected chi connectivity index (χ3v) is 3.22. The van der Waals surface area contributed by atoms with Gasteiger partial charge < -0.3 is 15.7 Å². The second-order valence-corrected chi connectivity index (χ2v) is 4.66. The molecule has 1 heterocycles. The number of rotatable bonds is 6. The number of fused-ring (bicyclic) bond motifs is 1. The van der Waals surface area contributed by atoms with Crippen LogP contribution in [0.1, 0.15) is 30.4 Å². The molecule has 0 bridgehead atoms. The third-order valence-electron chi connectivity index (χ3n) is 3.22. The molecule has 0 spiro atoms. The lowest BCUT2D eigenvalue weighted by atomic mass is 9.99. The van der Waals surface area contributed by atoms with Crippen molar-refractivity contribution >= 4 is 11.7 Å². The van der Waals surface area contributed by atoms with Crippen LogP contribution in [0.2, 0.25) is 0 Å². The molecule has 2 rings (SSSR count). The Morgan fingerprint density at radius 3 is 3.17 bits per heavy atom. The Hall–Kier alpha value is -1.55. The molecule has 98 valence electrons. The van der Waals surface area contributed by atoms with Gasteiger partial charge in [-0.05, 0) is 36.9 Å². The molecule has 0 amide bonds. The summed E-state index contributed by atoms with van der Waals surface area (Å²) in [7, 11) is 0. The quantitative estimate of drug-likeness (QED) is 0.674. The maximum atomic E-state index is 10.4. The summed E-state index contributed by atoms with van der Waals surface area (Å²) in [5.74, 6) is -0.726. The van der Waals surface area contributed by atoms with E-state index in [9.17, 15) is 4.79 Å². The van der Waals surface area contributed by atoms with Crippen LogP contribution in [0.4, 0.5) is 5.69 Å². The van der Waals surface area contributed by atoms with E-state index in [1.165, 1.54) is 23.2 Å². The number of carboxylic acid groups (broad SMARTS) is 1. The van der Waals surface area contributed by atoms with Crippen molar-refractivity contribution in [1.82, 2.24) is 5.32 Å². The van der Waals surface area contributed by atoms with Gasteiger partial charge in [-0.1, -0.05) is 18.2 Å². The van der Waals surface area contributed by atoms with E-state index < -0.39 is 5.97 Å². The van der Waals surface area contributed by atoms with Crippen molar-refractivity contribution in [3.63, 3.8) is 0 Å². The van der Waals surface area contributed by atoms with Gasteiger partial charge in [0.1, 0.15) is 0 Å². The molecule has 0 radical (unpaired) electrons. The molecule has 0 aliphatic carbocycles.